The second-order valence-corrected chi connectivity index (χ2v) is 9.03. The van der Waals surface area contributed by atoms with Crippen LogP contribution >= 0.6 is 0 Å². The molecule has 2 aromatic carbocycles. The summed E-state index contributed by atoms with van der Waals surface area (Å²) in [6.45, 7) is -7.72. The highest BCUT2D eigenvalue weighted by Gasteiger charge is 2.35. The Kier molecular flexibility index (Phi) is 8.24. The average Bonchev–Trinajstić information content (AvgIpc) is 3.36. The number of hydrogen-bond donors (Lipinski definition) is 3. The van der Waals surface area contributed by atoms with Crippen LogP contribution in [0.3, 0.4) is 0 Å². The zero-order valence-corrected chi connectivity index (χ0v) is 21.3. The summed E-state index contributed by atoms with van der Waals surface area (Å²) in [6.07, 6.45) is -19.6. The molecule has 0 radical (unpaired) electrons. The molecule has 4 rings (SSSR count). The third kappa shape index (κ3) is 7.90. The van der Waals surface area contributed by atoms with Gasteiger partial charge < -0.3 is 29.7 Å². The first kappa shape index (κ1) is 32.4. The Morgan fingerprint density at radius 2 is 0.955 bits per heavy atom. The summed E-state index contributed by atoms with van der Waals surface area (Å²) in [5, 5.41) is 7.92. The van der Waals surface area contributed by atoms with Crippen molar-refractivity contribution in [1.82, 2.24) is 4.98 Å². The van der Waals surface area contributed by atoms with Crippen LogP contribution in [0.15, 0.2) is 29.3 Å². The number of amidine groups is 1. The number of nitrogens with zero attached hydrogens (tertiary/aromatic N) is 1. The summed E-state index contributed by atoms with van der Waals surface area (Å²) in [7, 11) is 0. The van der Waals surface area contributed by atoms with Crippen molar-refractivity contribution in [3.8, 4) is 23.0 Å². The molecule has 3 aromatic rings. The highest BCUT2D eigenvalue weighted by Crippen LogP contribution is 2.42. The molecule has 1 aliphatic heterocycles. The summed E-state index contributed by atoms with van der Waals surface area (Å²) < 4.78 is 172. The van der Waals surface area contributed by atoms with Gasteiger partial charge in [-0.3, -0.25) is 5.41 Å². The molecule has 0 saturated carbocycles. The maximum Gasteiger partial charge on any atom is 0.422 e. The number of nitrogens with one attached hydrogen (secondary N) is 2. The molecule has 2 heterocycles. The lowest BCUT2D eigenvalue weighted by atomic mass is 10.00. The topological polar surface area (TPSA) is 115 Å². The van der Waals surface area contributed by atoms with Gasteiger partial charge in [-0.25, -0.2) is 4.99 Å². The lowest BCUT2D eigenvalue weighted by Gasteiger charge is -2.17. The first-order valence-corrected chi connectivity index (χ1v) is 11.7. The largest absolute Gasteiger partial charge is 0.480 e. The number of nitrogen functional groups attached to an aromatic ring is 1. The third-order valence-corrected chi connectivity index (χ3v) is 5.52. The van der Waals surface area contributed by atoms with E-state index in [-0.39, 0.29) is 39.1 Å². The van der Waals surface area contributed by atoms with E-state index in [0.29, 0.717) is 0 Å². The molecule has 0 spiro atoms. The standard InChI is InChI=1S/C24H16F12N4O4/c25-21(26,27)5-41-13-1-9-11(3-15(13)43-7-23(31,32)33)19(37)39-17(9)18-10-2-14(42-6-22(28,29)30)16(44-8-24(34,35)36)4-12(10)20(38)40-18/h1-4,37,40H,5-8,38H2. The first-order valence-electron chi connectivity index (χ1n) is 11.7. The van der Waals surface area contributed by atoms with Crippen molar-refractivity contribution in [2.75, 3.05) is 32.2 Å². The third-order valence-electron chi connectivity index (χ3n) is 5.52. The molecule has 20 heteroatoms. The molecule has 1 aliphatic rings. The molecular weight excluding hydrogens is 636 g/mol. The molecule has 0 saturated heterocycles. The van der Waals surface area contributed by atoms with Gasteiger partial charge in [0.15, 0.2) is 55.3 Å². The SMILES string of the molecule is N=C1N=C(c2[nH]c(N)c3cc(OCC(F)(F)F)c(OCC(F)(F)F)cc23)c2cc(OCC(F)(F)F)c(OCC(F)(F)F)cc21. The number of rotatable bonds is 9. The molecule has 0 fully saturated rings. The van der Waals surface area contributed by atoms with Crippen LogP contribution in [0.4, 0.5) is 58.5 Å². The lowest BCUT2D eigenvalue weighted by Crippen LogP contribution is -2.22. The van der Waals surface area contributed by atoms with E-state index in [1.807, 2.05) is 0 Å². The minimum atomic E-state index is -4.92. The lowest BCUT2D eigenvalue weighted by molar-refractivity contribution is -0.158. The Balaban J connectivity index is 1.83. The Bertz CT molecular complexity index is 1600. The van der Waals surface area contributed by atoms with Gasteiger partial charge in [0, 0.05) is 21.9 Å². The monoisotopic (exact) mass is 652 g/mol. The second kappa shape index (κ2) is 11.2. The number of aromatic amines is 1. The quantitative estimate of drug-likeness (QED) is 0.223. The smallest absolute Gasteiger partial charge is 0.422 e. The van der Waals surface area contributed by atoms with Crippen LogP contribution in [0.1, 0.15) is 16.8 Å². The molecule has 44 heavy (non-hydrogen) atoms. The van der Waals surface area contributed by atoms with E-state index in [1.165, 1.54) is 0 Å². The van der Waals surface area contributed by atoms with Crippen molar-refractivity contribution in [2.24, 2.45) is 4.99 Å². The molecular formula is C24H16F12N4O4. The van der Waals surface area contributed by atoms with E-state index < -0.39 is 80.0 Å². The van der Waals surface area contributed by atoms with Crippen LogP contribution in [0.5, 0.6) is 23.0 Å². The van der Waals surface area contributed by atoms with Gasteiger partial charge in [-0.15, -0.1) is 0 Å². The number of anilines is 1. The van der Waals surface area contributed by atoms with Gasteiger partial charge in [-0.05, 0) is 24.3 Å². The molecule has 0 aliphatic carbocycles. The summed E-state index contributed by atoms with van der Waals surface area (Å²) in [6, 6.07) is 3.26. The summed E-state index contributed by atoms with van der Waals surface area (Å²) in [4.78, 5) is 6.54. The number of halogens is 12. The van der Waals surface area contributed by atoms with Gasteiger partial charge >= 0.3 is 24.7 Å². The maximum atomic E-state index is 12.9. The molecule has 4 N–H and O–H groups in total. The number of benzene rings is 2. The Labute approximate surface area is 236 Å². The van der Waals surface area contributed by atoms with E-state index in [9.17, 15) is 52.7 Å². The minimum absolute atomic E-state index is 0.113. The van der Waals surface area contributed by atoms with Gasteiger partial charge in [0.2, 0.25) is 0 Å². The van der Waals surface area contributed by atoms with Crippen molar-refractivity contribution >= 4 is 28.1 Å². The van der Waals surface area contributed by atoms with Crippen molar-refractivity contribution in [1.29, 1.82) is 5.41 Å². The normalized spacial score (nSPS) is 14.1. The molecule has 8 nitrogen and oxygen atoms in total. The van der Waals surface area contributed by atoms with Crippen LogP contribution < -0.4 is 24.7 Å². The Hall–Kier alpha value is -4.52. The fourth-order valence-corrected chi connectivity index (χ4v) is 3.91. The van der Waals surface area contributed by atoms with Crippen LogP contribution in [0.25, 0.3) is 10.8 Å². The molecule has 240 valence electrons. The molecule has 0 bridgehead atoms. The highest BCUT2D eigenvalue weighted by atomic mass is 19.4. The van der Waals surface area contributed by atoms with Gasteiger partial charge in [-0.2, -0.15) is 52.7 Å². The fourth-order valence-electron chi connectivity index (χ4n) is 3.91. The van der Waals surface area contributed by atoms with E-state index in [4.69, 9.17) is 11.1 Å². The maximum absolute atomic E-state index is 12.9. The van der Waals surface area contributed by atoms with Gasteiger partial charge in [0.1, 0.15) is 5.82 Å². The van der Waals surface area contributed by atoms with Crippen molar-refractivity contribution in [3.05, 3.63) is 41.1 Å². The van der Waals surface area contributed by atoms with E-state index in [2.05, 4.69) is 28.9 Å². The van der Waals surface area contributed by atoms with Crippen LogP contribution in [0, 0.1) is 5.41 Å². The average molecular weight is 652 g/mol. The van der Waals surface area contributed by atoms with Crippen LogP contribution in [-0.4, -0.2) is 67.7 Å². The van der Waals surface area contributed by atoms with Gasteiger partial charge in [0.25, 0.3) is 0 Å². The van der Waals surface area contributed by atoms with Crippen LogP contribution in [-0.2, 0) is 0 Å². The number of ether oxygens (including phenoxy) is 4. The van der Waals surface area contributed by atoms with Crippen molar-refractivity contribution in [2.45, 2.75) is 24.7 Å². The van der Waals surface area contributed by atoms with Gasteiger partial charge in [-0.1, -0.05) is 0 Å². The predicted octanol–water partition coefficient (Wildman–Crippen LogP) is 6.69. The number of hydrogen-bond acceptors (Lipinski definition) is 6. The van der Waals surface area contributed by atoms with E-state index >= 15 is 0 Å². The zero-order chi connectivity index (χ0) is 32.8. The highest BCUT2D eigenvalue weighted by molar-refractivity contribution is 6.31. The van der Waals surface area contributed by atoms with E-state index in [1.54, 1.807) is 0 Å². The first-order chi connectivity index (χ1) is 20.1. The van der Waals surface area contributed by atoms with Crippen molar-refractivity contribution < 1.29 is 71.6 Å². The van der Waals surface area contributed by atoms with Crippen molar-refractivity contribution in [3.63, 3.8) is 0 Å². The Morgan fingerprint density at radius 3 is 1.36 bits per heavy atom. The second-order valence-electron chi connectivity index (χ2n) is 9.03. The van der Waals surface area contributed by atoms with E-state index in [0.717, 1.165) is 24.3 Å². The molecule has 1 aromatic heterocycles. The zero-order valence-electron chi connectivity index (χ0n) is 21.3. The molecule has 0 atom stereocenters. The number of aromatic nitrogens is 1. The number of H-pyrrole nitrogens is 1. The molecule has 0 amide bonds. The summed E-state index contributed by atoms with van der Waals surface area (Å²) in [5.41, 5.74) is 5.04. The number of aliphatic imine (C=N–C) groups is 1. The number of nitrogens with two attached hydrogens (primary N) is 1. The van der Waals surface area contributed by atoms with Gasteiger partial charge in [0.05, 0.1) is 11.4 Å². The fraction of sp³-hybridized carbons (Fsp3) is 0.333. The molecule has 0 unspecified atom stereocenters. The number of alkyl halides is 12. The minimum Gasteiger partial charge on any atom is -0.480 e. The predicted molar refractivity (Wildman–Crippen MR) is 128 cm³/mol. The van der Waals surface area contributed by atoms with Crippen LogP contribution in [0.2, 0.25) is 0 Å². The summed E-state index contributed by atoms with van der Waals surface area (Å²) >= 11 is 0. The number of fused-ring (bicyclic) bond motifs is 2. The Morgan fingerprint density at radius 1 is 0.591 bits per heavy atom. The summed E-state index contributed by atoms with van der Waals surface area (Å²) in [5.74, 6) is -4.11.